The van der Waals surface area contributed by atoms with E-state index in [0.29, 0.717) is 30.1 Å². The number of nitrogens with zero attached hydrogens (tertiary/aromatic N) is 1. The van der Waals surface area contributed by atoms with Crippen molar-refractivity contribution < 1.29 is 9.59 Å². The smallest absolute Gasteiger partial charge is 0.249 e. The third-order valence-corrected chi connectivity index (χ3v) is 5.06. The summed E-state index contributed by atoms with van der Waals surface area (Å²) in [5, 5.41) is 3.47. The zero-order valence-electron chi connectivity index (χ0n) is 13.0. The fourth-order valence-electron chi connectivity index (χ4n) is 3.46. The van der Waals surface area contributed by atoms with E-state index in [1.165, 1.54) is 0 Å². The molecular weight excluding hydrogens is 314 g/mol. The monoisotopic (exact) mass is 335 g/mol. The van der Waals surface area contributed by atoms with Crippen molar-refractivity contribution in [3.05, 3.63) is 29.3 Å². The van der Waals surface area contributed by atoms with Crippen LogP contribution < -0.4 is 16.0 Å². The molecule has 2 fully saturated rings. The topological polar surface area (TPSA) is 75.4 Å². The van der Waals surface area contributed by atoms with Crippen molar-refractivity contribution in [2.45, 2.75) is 44.2 Å². The Bertz CT molecular complexity index is 607. The van der Waals surface area contributed by atoms with Crippen LogP contribution in [0.4, 0.5) is 5.69 Å². The van der Waals surface area contributed by atoms with E-state index in [4.69, 9.17) is 17.3 Å². The number of anilines is 1. The Balaban J connectivity index is 1.68. The van der Waals surface area contributed by atoms with Gasteiger partial charge >= 0.3 is 0 Å². The maximum Gasteiger partial charge on any atom is 0.249 e. The molecule has 0 unspecified atom stereocenters. The van der Waals surface area contributed by atoms with Crippen molar-refractivity contribution in [2.24, 2.45) is 11.7 Å². The van der Waals surface area contributed by atoms with Crippen molar-refractivity contribution in [1.29, 1.82) is 0 Å². The summed E-state index contributed by atoms with van der Waals surface area (Å²) in [6.45, 7) is 0.628. The summed E-state index contributed by atoms with van der Waals surface area (Å²) in [6, 6.07) is 6.93. The van der Waals surface area contributed by atoms with E-state index in [1.54, 1.807) is 11.0 Å². The van der Waals surface area contributed by atoms with Gasteiger partial charge in [0.15, 0.2) is 0 Å². The molecule has 2 amide bonds. The SMILES string of the molecule is N[C@@H]1CC[C@@H](C(=O)N[C@@H]2CCCN(c3ccccc3Cl)C2=O)C1. The molecule has 23 heavy (non-hydrogen) atoms. The average molecular weight is 336 g/mol. The van der Waals surface area contributed by atoms with Crippen LogP contribution >= 0.6 is 11.6 Å². The van der Waals surface area contributed by atoms with Gasteiger partial charge in [0.25, 0.3) is 0 Å². The molecule has 1 aromatic carbocycles. The molecule has 6 heteroatoms. The molecule has 1 heterocycles. The van der Waals surface area contributed by atoms with Crippen LogP contribution in [0, 0.1) is 5.92 Å². The molecule has 1 saturated carbocycles. The molecule has 1 aliphatic heterocycles. The van der Waals surface area contributed by atoms with E-state index >= 15 is 0 Å². The molecule has 1 aliphatic carbocycles. The number of nitrogens with two attached hydrogens (primary N) is 1. The highest BCUT2D eigenvalue weighted by Crippen LogP contribution is 2.29. The summed E-state index contributed by atoms with van der Waals surface area (Å²) in [5.41, 5.74) is 6.58. The number of para-hydroxylation sites is 1. The molecule has 1 saturated heterocycles. The Morgan fingerprint density at radius 2 is 2.04 bits per heavy atom. The van der Waals surface area contributed by atoms with E-state index in [9.17, 15) is 9.59 Å². The molecule has 1 aromatic rings. The van der Waals surface area contributed by atoms with Crippen molar-refractivity contribution in [2.75, 3.05) is 11.4 Å². The zero-order chi connectivity index (χ0) is 16.4. The van der Waals surface area contributed by atoms with Gasteiger partial charge in [-0.3, -0.25) is 9.59 Å². The van der Waals surface area contributed by atoms with Gasteiger partial charge in [-0.25, -0.2) is 0 Å². The predicted molar refractivity (Wildman–Crippen MR) is 90.3 cm³/mol. The Morgan fingerprint density at radius 3 is 2.74 bits per heavy atom. The summed E-state index contributed by atoms with van der Waals surface area (Å²) < 4.78 is 0. The van der Waals surface area contributed by atoms with Crippen LogP contribution in [-0.2, 0) is 9.59 Å². The molecule has 3 N–H and O–H groups in total. The number of hydrogen-bond donors (Lipinski definition) is 2. The Kier molecular flexibility index (Phi) is 4.87. The van der Waals surface area contributed by atoms with Gasteiger partial charge in [0.05, 0.1) is 10.7 Å². The number of hydrogen-bond acceptors (Lipinski definition) is 3. The second-order valence-electron chi connectivity index (χ2n) is 6.41. The van der Waals surface area contributed by atoms with Crippen LogP contribution in [0.25, 0.3) is 0 Å². The van der Waals surface area contributed by atoms with Crippen LogP contribution in [-0.4, -0.2) is 30.4 Å². The highest BCUT2D eigenvalue weighted by Gasteiger charge is 2.34. The minimum absolute atomic E-state index is 0.0442. The quantitative estimate of drug-likeness (QED) is 0.888. The Labute approximate surface area is 141 Å². The number of carbonyl (C=O) groups is 2. The van der Waals surface area contributed by atoms with Crippen molar-refractivity contribution in [3.63, 3.8) is 0 Å². The molecule has 0 spiro atoms. The van der Waals surface area contributed by atoms with Crippen LogP contribution in [0.1, 0.15) is 32.1 Å². The second kappa shape index (κ2) is 6.89. The van der Waals surface area contributed by atoms with Gasteiger partial charge < -0.3 is 16.0 Å². The first-order valence-electron chi connectivity index (χ1n) is 8.18. The normalized spacial score (nSPS) is 28.0. The molecule has 2 aliphatic rings. The van der Waals surface area contributed by atoms with Gasteiger partial charge in [-0.2, -0.15) is 0 Å². The standard InChI is InChI=1S/C17H22ClN3O2/c18-13-4-1-2-6-15(13)21-9-3-5-14(17(21)23)20-16(22)11-7-8-12(19)10-11/h1-2,4,6,11-12,14H,3,5,7-10,19H2,(H,20,22)/t11-,12-,14-/m1/s1. The summed E-state index contributed by atoms with van der Waals surface area (Å²) >= 11 is 6.20. The molecular formula is C17H22ClN3O2. The molecule has 3 atom stereocenters. The van der Waals surface area contributed by atoms with Crippen molar-refractivity contribution in [3.8, 4) is 0 Å². The molecule has 0 radical (unpaired) electrons. The maximum atomic E-state index is 12.7. The minimum atomic E-state index is -0.468. The van der Waals surface area contributed by atoms with Gasteiger partial charge in [-0.05, 0) is 44.2 Å². The number of benzene rings is 1. The van der Waals surface area contributed by atoms with Gasteiger partial charge in [0, 0.05) is 18.5 Å². The second-order valence-corrected chi connectivity index (χ2v) is 6.82. The van der Waals surface area contributed by atoms with Crippen molar-refractivity contribution >= 4 is 29.1 Å². The Morgan fingerprint density at radius 1 is 1.26 bits per heavy atom. The van der Waals surface area contributed by atoms with E-state index in [2.05, 4.69) is 5.32 Å². The highest BCUT2D eigenvalue weighted by atomic mass is 35.5. The largest absolute Gasteiger partial charge is 0.344 e. The van der Waals surface area contributed by atoms with Gasteiger partial charge in [-0.1, -0.05) is 23.7 Å². The van der Waals surface area contributed by atoms with Crippen molar-refractivity contribution in [1.82, 2.24) is 5.32 Å². The van der Waals surface area contributed by atoms with Gasteiger partial charge in [0.1, 0.15) is 6.04 Å². The number of piperidine rings is 1. The average Bonchev–Trinajstić information content (AvgIpc) is 2.97. The molecule has 3 rings (SSSR count). The van der Waals surface area contributed by atoms with Crippen LogP contribution in [0.5, 0.6) is 0 Å². The number of carbonyl (C=O) groups excluding carboxylic acids is 2. The first kappa shape index (κ1) is 16.3. The number of nitrogens with one attached hydrogen (secondary N) is 1. The van der Waals surface area contributed by atoms with E-state index in [0.717, 1.165) is 19.3 Å². The molecule has 0 bridgehead atoms. The molecule has 0 aromatic heterocycles. The number of halogens is 1. The van der Waals surface area contributed by atoms with Gasteiger partial charge in [-0.15, -0.1) is 0 Å². The summed E-state index contributed by atoms with van der Waals surface area (Å²) in [4.78, 5) is 26.7. The summed E-state index contributed by atoms with van der Waals surface area (Å²) in [6.07, 6.45) is 3.90. The fourth-order valence-corrected chi connectivity index (χ4v) is 3.70. The van der Waals surface area contributed by atoms with E-state index < -0.39 is 6.04 Å². The van der Waals surface area contributed by atoms with Crippen LogP contribution in [0.3, 0.4) is 0 Å². The predicted octanol–water partition coefficient (Wildman–Crippen LogP) is 2.08. The number of amides is 2. The lowest BCUT2D eigenvalue weighted by Crippen LogP contribution is -2.53. The van der Waals surface area contributed by atoms with E-state index in [-0.39, 0.29) is 23.8 Å². The van der Waals surface area contributed by atoms with Crippen LogP contribution in [0.2, 0.25) is 5.02 Å². The first-order valence-corrected chi connectivity index (χ1v) is 8.56. The summed E-state index contributed by atoms with van der Waals surface area (Å²) in [7, 11) is 0. The highest BCUT2D eigenvalue weighted by molar-refractivity contribution is 6.33. The number of rotatable bonds is 3. The van der Waals surface area contributed by atoms with Crippen LogP contribution in [0.15, 0.2) is 24.3 Å². The molecule has 124 valence electrons. The maximum absolute atomic E-state index is 12.7. The summed E-state index contributed by atoms with van der Waals surface area (Å²) in [5.74, 6) is -0.189. The molecule has 5 nitrogen and oxygen atoms in total. The minimum Gasteiger partial charge on any atom is -0.344 e. The third kappa shape index (κ3) is 3.51. The zero-order valence-corrected chi connectivity index (χ0v) is 13.8. The van der Waals surface area contributed by atoms with Gasteiger partial charge in [0.2, 0.25) is 11.8 Å². The lowest BCUT2D eigenvalue weighted by atomic mass is 10.0. The fraction of sp³-hybridized carbons (Fsp3) is 0.529. The Hall–Kier alpha value is -1.59. The lowest BCUT2D eigenvalue weighted by molar-refractivity contribution is -0.130. The third-order valence-electron chi connectivity index (χ3n) is 4.74. The van der Waals surface area contributed by atoms with E-state index in [1.807, 2.05) is 18.2 Å². The lowest BCUT2D eigenvalue weighted by Gasteiger charge is -2.33. The first-order chi connectivity index (χ1) is 11.1.